The van der Waals surface area contributed by atoms with Gasteiger partial charge in [-0.25, -0.2) is 0 Å². The molecule has 1 amide bonds. The Morgan fingerprint density at radius 2 is 1.76 bits per heavy atom. The lowest BCUT2D eigenvalue weighted by Crippen LogP contribution is -2.51. The fourth-order valence-electron chi connectivity index (χ4n) is 2.21. The van der Waals surface area contributed by atoms with Crippen LogP contribution in [0.25, 0.3) is 0 Å². The van der Waals surface area contributed by atoms with Crippen molar-refractivity contribution in [3.05, 3.63) is 0 Å². The molecule has 0 aromatic rings. The second-order valence-corrected chi connectivity index (χ2v) is 4.90. The molecule has 0 aromatic heterocycles. The zero-order valence-corrected chi connectivity index (χ0v) is 10.6. The molecule has 96 valence electrons. The molecule has 0 aromatic carbocycles. The first-order valence-corrected chi connectivity index (χ1v) is 6.25. The largest absolute Gasteiger partial charge is 0.465 e. The van der Waals surface area contributed by atoms with Crippen molar-refractivity contribution in [2.45, 2.75) is 19.8 Å². The number of hydrogen-bond donors (Lipinski definition) is 0. The second kappa shape index (κ2) is 4.64. The number of nitrogens with zero attached hydrogens (tertiary/aromatic N) is 2. The molecule has 0 bridgehead atoms. The number of rotatable bonds is 3. The van der Waals surface area contributed by atoms with Crippen molar-refractivity contribution < 1.29 is 14.3 Å². The lowest BCUT2D eigenvalue weighted by molar-refractivity contribution is -0.158. The fourth-order valence-corrected chi connectivity index (χ4v) is 2.21. The number of carbonyl (C=O) groups is 2. The number of esters is 1. The summed E-state index contributed by atoms with van der Waals surface area (Å²) in [4.78, 5) is 28.1. The van der Waals surface area contributed by atoms with Gasteiger partial charge >= 0.3 is 5.97 Å². The maximum atomic E-state index is 12.3. The number of piperazine rings is 1. The van der Waals surface area contributed by atoms with Gasteiger partial charge in [-0.1, -0.05) is 0 Å². The Bertz CT molecular complexity index is 318. The van der Waals surface area contributed by atoms with Crippen LogP contribution in [0.2, 0.25) is 0 Å². The van der Waals surface area contributed by atoms with Crippen LogP contribution in [0.4, 0.5) is 0 Å². The first kappa shape index (κ1) is 12.4. The highest BCUT2D eigenvalue weighted by Crippen LogP contribution is 2.48. The predicted octanol–water partition coefficient (Wildman–Crippen LogP) is 0.104. The molecule has 0 atom stereocenters. The van der Waals surface area contributed by atoms with Crippen molar-refractivity contribution in [2.75, 3.05) is 39.8 Å². The summed E-state index contributed by atoms with van der Waals surface area (Å²) in [6.45, 7) is 5.31. The van der Waals surface area contributed by atoms with E-state index < -0.39 is 5.41 Å². The van der Waals surface area contributed by atoms with Crippen LogP contribution in [-0.4, -0.2) is 61.5 Å². The van der Waals surface area contributed by atoms with Crippen molar-refractivity contribution in [2.24, 2.45) is 5.41 Å². The van der Waals surface area contributed by atoms with E-state index in [9.17, 15) is 9.59 Å². The van der Waals surface area contributed by atoms with Crippen molar-refractivity contribution >= 4 is 11.9 Å². The fraction of sp³-hybridized carbons (Fsp3) is 0.833. The molecule has 0 radical (unpaired) electrons. The van der Waals surface area contributed by atoms with Crippen LogP contribution < -0.4 is 0 Å². The summed E-state index contributed by atoms with van der Waals surface area (Å²) < 4.78 is 5.01. The molecule has 17 heavy (non-hydrogen) atoms. The minimum Gasteiger partial charge on any atom is -0.465 e. The van der Waals surface area contributed by atoms with Gasteiger partial charge in [0.25, 0.3) is 0 Å². The van der Waals surface area contributed by atoms with Crippen LogP contribution in [0.15, 0.2) is 0 Å². The van der Waals surface area contributed by atoms with Crippen molar-refractivity contribution in [3.8, 4) is 0 Å². The topological polar surface area (TPSA) is 49.9 Å². The smallest absolute Gasteiger partial charge is 0.321 e. The molecular weight excluding hydrogens is 220 g/mol. The molecule has 5 heteroatoms. The summed E-state index contributed by atoms with van der Waals surface area (Å²) in [6, 6.07) is 0. The van der Waals surface area contributed by atoms with Gasteiger partial charge in [-0.15, -0.1) is 0 Å². The van der Waals surface area contributed by atoms with Crippen LogP contribution in [0.3, 0.4) is 0 Å². The Morgan fingerprint density at radius 3 is 2.24 bits per heavy atom. The summed E-state index contributed by atoms with van der Waals surface area (Å²) >= 11 is 0. The molecule has 2 fully saturated rings. The van der Waals surface area contributed by atoms with E-state index in [2.05, 4.69) is 4.90 Å². The summed E-state index contributed by atoms with van der Waals surface area (Å²) in [5.74, 6) is -0.354. The third kappa shape index (κ3) is 2.29. The lowest BCUT2D eigenvalue weighted by atomic mass is 10.1. The first-order valence-electron chi connectivity index (χ1n) is 6.25. The first-order chi connectivity index (χ1) is 8.10. The Balaban J connectivity index is 1.97. The molecule has 1 saturated carbocycles. The highest BCUT2D eigenvalue weighted by molar-refractivity contribution is 6.05. The molecule has 2 aliphatic rings. The SMILES string of the molecule is CCOC(=O)C1(C(=O)N2CCN(C)CC2)CC1. The van der Waals surface area contributed by atoms with E-state index in [0.29, 0.717) is 19.4 Å². The third-order valence-electron chi connectivity index (χ3n) is 3.62. The van der Waals surface area contributed by atoms with Gasteiger partial charge in [-0.3, -0.25) is 9.59 Å². The van der Waals surface area contributed by atoms with Crippen molar-refractivity contribution in [3.63, 3.8) is 0 Å². The van der Waals surface area contributed by atoms with E-state index >= 15 is 0 Å². The van der Waals surface area contributed by atoms with E-state index in [-0.39, 0.29) is 11.9 Å². The lowest BCUT2D eigenvalue weighted by Gasteiger charge is -2.34. The van der Waals surface area contributed by atoms with Gasteiger partial charge in [0.15, 0.2) is 0 Å². The van der Waals surface area contributed by atoms with Crippen molar-refractivity contribution in [1.82, 2.24) is 9.80 Å². The summed E-state index contributed by atoms with van der Waals surface area (Å²) in [7, 11) is 2.04. The standard InChI is InChI=1S/C12H20N2O3/c1-3-17-11(16)12(4-5-12)10(15)14-8-6-13(2)7-9-14/h3-9H2,1-2H3. The van der Waals surface area contributed by atoms with E-state index in [1.807, 2.05) is 11.9 Å². The Labute approximate surface area is 102 Å². The highest BCUT2D eigenvalue weighted by Gasteiger charge is 2.59. The molecule has 1 aliphatic heterocycles. The number of ether oxygens (including phenoxy) is 1. The van der Waals surface area contributed by atoms with Gasteiger partial charge in [0, 0.05) is 26.2 Å². The van der Waals surface area contributed by atoms with Gasteiger partial charge in [0.05, 0.1) is 6.61 Å². The zero-order valence-electron chi connectivity index (χ0n) is 10.6. The third-order valence-corrected chi connectivity index (χ3v) is 3.62. The summed E-state index contributed by atoms with van der Waals surface area (Å²) in [5.41, 5.74) is -0.827. The maximum Gasteiger partial charge on any atom is 0.321 e. The Hall–Kier alpha value is -1.10. The normalized spacial score (nSPS) is 23.3. The molecule has 0 spiro atoms. The highest BCUT2D eigenvalue weighted by atomic mass is 16.5. The zero-order chi connectivity index (χ0) is 12.5. The van der Waals surface area contributed by atoms with Crippen LogP contribution in [0, 0.1) is 5.41 Å². The molecule has 5 nitrogen and oxygen atoms in total. The molecule has 1 saturated heterocycles. The number of amides is 1. The maximum absolute atomic E-state index is 12.3. The van der Waals surface area contributed by atoms with E-state index in [4.69, 9.17) is 4.74 Å². The number of carbonyl (C=O) groups excluding carboxylic acids is 2. The second-order valence-electron chi connectivity index (χ2n) is 4.90. The molecule has 0 N–H and O–H groups in total. The molecular formula is C12H20N2O3. The minimum atomic E-state index is -0.827. The molecule has 1 aliphatic carbocycles. The number of hydrogen-bond acceptors (Lipinski definition) is 4. The van der Waals surface area contributed by atoms with E-state index in [1.165, 1.54) is 0 Å². The monoisotopic (exact) mass is 240 g/mol. The van der Waals surface area contributed by atoms with E-state index in [1.54, 1.807) is 6.92 Å². The van der Waals surface area contributed by atoms with Crippen LogP contribution in [-0.2, 0) is 14.3 Å². The summed E-state index contributed by atoms with van der Waals surface area (Å²) in [6.07, 6.45) is 1.30. The Kier molecular flexibility index (Phi) is 3.38. The van der Waals surface area contributed by atoms with Crippen LogP contribution in [0.1, 0.15) is 19.8 Å². The van der Waals surface area contributed by atoms with Gasteiger partial charge in [-0.05, 0) is 26.8 Å². The average Bonchev–Trinajstić information content (AvgIpc) is 3.11. The molecule has 0 unspecified atom stereocenters. The van der Waals surface area contributed by atoms with Gasteiger partial charge in [-0.2, -0.15) is 0 Å². The molecule has 2 rings (SSSR count). The van der Waals surface area contributed by atoms with Crippen LogP contribution >= 0.6 is 0 Å². The van der Waals surface area contributed by atoms with E-state index in [0.717, 1.165) is 26.2 Å². The predicted molar refractivity (Wildman–Crippen MR) is 62.4 cm³/mol. The van der Waals surface area contributed by atoms with Gasteiger partial charge in [0.1, 0.15) is 5.41 Å². The minimum absolute atomic E-state index is 0.0240. The molecule has 1 heterocycles. The van der Waals surface area contributed by atoms with Crippen LogP contribution in [0.5, 0.6) is 0 Å². The van der Waals surface area contributed by atoms with Crippen molar-refractivity contribution in [1.29, 1.82) is 0 Å². The number of likely N-dealkylation sites (N-methyl/N-ethyl adjacent to an activating group) is 1. The Morgan fingerprint density at radius 1 is 1.18 bits per heavy atom. The van der Waals surface area contributed by atoms with Gasteiger partial charge < -0.3 is 14.5 Å². The quantitative estimate of drug-likeness (QED) is 0.519. The van der Waals surface area contributed by atoms with Gasteiger partial charge in [0.2, 0.25) is 5.91 Å². The average molecular weight is 240 g/mol. The summed E-state index contributed by atoms with van der Waals surface area (Å²) in [5, 5.41) is 0.